The summed E-state index contributed by atoms with van der Waals surface area (Å²) in [6.45, 7) is 1.95. The topological polar surface area (TPSA) is 294 Å². The van der Waals surface area contributed by atoms with Gasteiger partial charge >= 0.3 is 179 Å². The zero-order valence-corrected chi connectivity index (χ0v) is 60.6. The van der Waals surface area contributed by atoms with Crippen LogP contribution in [0.2, 0.25) is 0 Å². The number of ketones is 3. The number of halogens is 2. The zero-order chi connectivity index (χ0) is 71.4. The third-order valence-electron chi connectivity index (χ3n) is 15.3. The number of amides is 4. The predicted octanol–water partition coefficient (Wildman–Crippen LogP) is 12.0. The van der Waals surface area contributed by atoms with Crippen LogP contribution in [0.1, 0.15) is 129 Å². The molecular weight excluding hydrogens is 1470 g/mol. The fourth-order valence-electron chi connectivity index (χ4n) is 9.97. The van der Waals surface area contributed by atoms with Gasteiger partial charge in [0, 0.05) is 23.2 Å². The Morgan fingerprint density at radius 1 is 0.416 bits per heavy atom. The van der Waals surface area contributed by atoms with Crippen LogP contribution in [0.25, 0.3) is 30.6 Å². The number of unbranched alkanes of at least 4 members (excludes halogenated alkanes) is 3. The van der Waals surface area contributed by atoms with E-state index in [2.05, 4.69) is 36.2 Å². The van der Waals surface area contributed by atoms with E-state index in [0.29, 0.717) is 77.0 Å². The molecule has 4 amide bonds. The van der Waals surface area contributed by atoms with Gasteiger partial charge in [-0.2, -0.15) is 0 Å². The monoisotopic (exact) mass is 1550 g/mol. The molecular formula is C77H78ClIN9O10S3-. The van der Waals surface area contributed by atoms with Crippen molar-refractivity contribution in [3.05, 3.63) is 267 Å². The average Bonchev–Trinajstić information content (AvgIpc) is 1.70. The Labute approximate surface area is 613 Å². The molecule has 524 valence electrons. The second kappa shape index (κ2) is 42.6. The first-order valence-electron chi connectivity index (χ1n) is 32.8. The minimum Gasteiger partial charge on any atom is -0.445 e. The number of para-hydroxylation sites is 3. The maximum atomic E-state index is 13.3. The maximum Gasteiger partial charge on any atom is 0.407 e. The van der Waals surface area contributed by atoms with Crippen molar-refractivity contribution in [3.8, 4) is 0 Å². The number of ether oxygens (including phenoxy) is 2. The van der Waals surface area contributed by atoms with Crippen molar-refractivity contribution in [2.45, 2.75) is 83.1 Å². The van der Waals surface area contributed by atoms with Crippen LogP contribution in [-0.2, 0) is 22.7 Å². The van der Waals surface area contributed by atoms with E-state index in [1.807, 2.05) is 152 Å². The summed E-state index contributed by atoms with van der Waals surface area (Å²) in [5.41, 5.74) is 11.4. The number of fused-ring (bicyclic) bond motifs is 3. The number of alkyl halides is 1. The zero-order valence-electron chi connectivity index (χ0n) is 55.3. The summed E-state index contributed by atoms with van der Waals surface area (Å²) < 4.78 is 19.9. The Morgan fingerprint density at radius 3 is 1.11 bits per heavy atom. The van der Waals surface area contributed by atoms with Crippen LogP contribution < -0.4 is 52.4 Å². The molecule has 11 aromatic rings. The van der Waals surface area contributed by atoms with Gasteiger partial charge in [-0.3, -0.25) is 24.0 Å². The Bertz CT molecular complexity index is 4320. The molecule has 8 N–H and O–H groups in total. The molecule has 0 fully saturated rings. The normalized spacial score (nSPS) is 11.6. The Balaban J connectivity index is 0.000000183. The van der Waals surface area contributed by atoms with Gasteiger partial charge in [0.25, 0.3) is 17.1 Å². The first-order chi connectivity index (χ1) is 49.3. The molecule has 0 spiro atoms. The third kappa shape index (κ3) is 25.9. The van der Waals surface area contributed by atoms with Crippen LogP contribution in [0, 0.1) is 5.92 Å². The second-order valence-electron chi connectivity index (χ2n) is 22.7. The molecule has 3 aromatic heterocycles. The summed E-state index contributed by atoms with van der Waals surface area (Å²) >= 11 is 8.81. The van der Waals surface area contributed by atoms with Crippen LogP contribution in [0.3, 0.4) is 0 Å². The molecule has 0 aliphatic carbocycles. The molecule has 101 heavy (non-hydrogen) atoms. The maximum absolute atomic E-state index is 13.3. The minimum atomic E-state index is -0.719. The molecule has 0 saturated carbocycles. The number of rotatable bonds is 31. The van der Waals surface area contributed by atoms with Crippen molar-refractivity contribution in [2.24, 2.45) is 15.6 Å². The van der Waals surface area contributed by atoms with Crippen LogP contribution in [0.4, 0.5) is 9.59 Å². The summed E-state index contributed by atoms with van der Waals surface area (Å²) in [4.78, 5) is 112. The Hall–Kier alpha value is -9.47. The summed E-state index contributed by atoms with van der Waals surface area (Å²) in [5, 5.41) is 12.2. The number of hydrogen-bond donors (Lipinski definition) is 6. The molecule has 0 unspecified atom stereocenters. The summed E-state index contributed by atoms with van der Waals surface area (Å²) in [5.74, 6) is -0.913. The number of hydrogen-bond acceptors (Lipinski definition) is 18. The SMILES string of the molecule is NCCCC[C@H](NC(=O)c1ccccc1)C(=O)c1nc2ccccc2s1.N[I-]C[C@@H](CCCCNC(=O)OCc1ccccc1)C(=O)c1nc2ccccc2s1.O=C(Cl)c1ccccc1.O=C(NCCCC[C@H](NC(=O)c1ccccc1)C(=O)c1nc2ccccc2s1)OCc1ccccc1. The molecule has 0 aliphatic heterocycles. The number of thiazole rings is 3. The van der Waals surface area contributed by atoms with Gasteiger partial charge in [-0.25, -0.2) is 14.8 Å². The van der Waals surface area contributed by atoms with Crippen LogP contribution in [0.15, 0.2) is 224 Å². The minimum absolute atomic E-state index is 0.0894. The van der Waals surface area contributed by atoms with E-state index in [4.69, 9.17) is 30.8 Å². The molecule has 0 bridgehead atoms. The predicted molar refractivity (Wildman–Crippen MR) is 396 cm³/mol. The number of aromatic nitrogens is 3. The second-order valence-corrected chi connectivity index (χ2v) is 27.9. The molecule has 0 saturated heterocycles. The van der Waals surface area contributed by atoms with Gasteiger partial charge in [0.05, 0.1) is 32.5 Å². The van der Waals surface area contributed by atoms with E-state index in [9.17, 15) is 38.4 Å². The molecule has 0 aliphatic rings. The van der Waals surface area contributed by atoms with Crippen molar-refractivity contribution in [2.75, 3.05) is 24.1 Å². The fraction of sp³-hybridized carbons (Fsp3) is 0.234. The van der Waals surface area contributed by atoms with Crippen molar-refractivity contribution >= 4 is 123 Å². The third-order valence-corrected chi connectivity index (χ3v) is 20.2. The van der Waals surface area contributed by atoms with Crippen molar-refractivity contribution in [3.63, 3.8) is 0 Å². The number of carbonyl (C=O) groups excluding carboxylic acids is 8. The molecule has 11 rings (SSSR count). The van der Waals surface area contributed by atoms with Gasteiger partial charge in [-0.1, -0.05) is 140 Å². The standard InChI is InChI=1S/C28H27N3O4S.C22H25IN3O3S.C20H21N3O2S.C7H5ClO/c32-25(27-31-22-15-7-8-17-24(22)36-27)23(30-26(33)21-13-5-2-6-14-21)16-9-10-18-29-28(34)35-19-20-11-3-1-4-12-20;24-23-14-17(20(27)21-26-18-11-4-5-12-19(18)30-21)10-6-7-13-25-22(28)29-15-16-8-2-1-3-9-16;21-13-7-6-11-16(22-19(25)14-8-2-1-3-9-14)18(24)20-23-15-10-4-5-12-17(15)26-20;8-7(9)6-4-2-1-3-5-6/h1-8,11-15,17,23H,9-10,16,18-19H2,(H,29,34)(H,30,33);1-5,8-9,11-12,17H,6-7,10,13-15,24H2,(H,25,28);1-5,8-10,12,16H,6-7,11,13,21H2,(H,22,25);1-5H/q;-1;;/t23-;17-;16-;/m010./s1. The number of nitrogens with two attached hydrogens (primary N) is 2. The van der Waals surface area contributed by atoms with Gasteiger partial charge in [0.15, 0.2) is 10.0 Å². The van der Waals surface area contributed by atoms with E-state index in [1.54, 1.807) is 72.8 Å². The van der Waals surface area contributed by atoms with Crippen LogP contribution in [0.5, 0.6) is 0 Å². The largest absolute Gasteiger partial charge is 0.445 e. The molecule has 0 radical (unpaired) electrons. The van der Waals surface area contributed by atoms with Gasteiger partial charge in [-0.05, 0) is 111 Å². The average molecular weight is 1550 g/mol. The number of nitrogens with zero attached hydrogens (tertiary/aromatic N) is 3. The van der Waals surface area contributed by atoms with E-state index < -0.39 is 51.0 Å². The number of benzene rings is 8. The summed E-state index contributed by atoms with van der Waals surface area (Å²) in [6.07, 6.45) is 5.27. The fourth-order valence-corrected chi connectivity index (χ4v) is 14.5. The number of nitrogens with one attached hydrogen (secondary N) is 4. The smallest absolute Gasteiger partial charge is 0.407 e. The van der Waals surface area contributed by atoms with Crippen molar-refractivity contribution < 1.29 is 69.3 Å². The number of carbonyl (C=O) groups is 8. The summed E-state index contributed by atoms with van der Waals surface area (Å²) in [7, 11) is 0. The van der Waals surface area contributed by atoms with Gasteiger partial charge in [-0.15, -0.1) is 22.7 Å². The van der Waals surface area contributed by atoms with Crippen molar-refractivity contribution in [1.82, 2.24) is 36.2 Å². The molecule has 8 aromatic carbocycles. The quantitative estimate of drug-likeness (QED) is 0.00588. The number of Topliss-reactive ketones (excluding diaryl/α,β-unsaturated/α-hetero) is 3. The molecule has 19 nitrogen and oxygen atoms in total. The Kier molecular flexibility index (Phi) is 32.6. The Morgan fingerprint density at radius 2 is 0.752 bits per heavy atom. The van der Waals surface area contributed by atoms with Gasteiger partial charge in [0.1, 0.15) is 6.61 Å². The molecule has 24 heteroatoms. The van der Waals surface area contributed by atoms with Crippen LogP contribution >= 0.6 is 45.6 Å². The van der Waals surface area contributed by atoms with E-state index >= 15 is 0 Å². The van der Waals surface area contributed by atoms with Gasteiger partial charge in [0.2, 0.25) is 11.6 Å². The van der Waals surface area contributed by atoms with Crippen LogP contribution in [-0.4, -0.2) is 97.7 Å². The summed E-state index contributed by atoms with van der Waals surface area (Å²) in [6, 6.07) is 67.1. The van der Waals surface area contributed by atoms with Crippen molar-refractivity contribution in [1.29, 1.82) is 0 Å². The van der Waals surface area contributed by atoms with Gasteiger partial charge < -0.3 is 26.4 Å². The first-order valence-corrected chi connectivity index (χ1v) is 38.4. The van der Waals surface area contributed by atoms with E-state index in [0.717, 1.165) is 78.3 Å². The van der Waals surface area contributed by atoms with E-state index in [1.165, 1.54) is 34.0 Å². The van der Waals surface area contributed by atoms with E-state index in [-0.39, 0.29) is 48.3 Å². The number of alkyl carbamates (subject to hydrolysis) is 2. The first kappa shape index (κ1) is 77.3. The molecule has 3 heterocycles. The molecule has 3 atom stereocenters.